The minimum absolute atomic E-state index is 0.0183. The molecule has 1 aromatic heterocycles. The van der Waals surface area contributed by atoms with E-state index < -0.39 is 53.0 Å². The van der Waals surface area contributed by atoms with Gasteiger partial charge in [-0.05, 0) is 32.9 Å². The number of carbonyl (C=O) groups is 1. The summed E-state index contributed by atoms with van der Waals surface area (Å²) >= 11 is 0. The molecule has 4 atom stereocenters. The Hall–Kier alpha value is -2.74. The van der Waals surface area contributed by atoms with Crippen LogP contribution in [0.2, 0.25) is 0 Å². The normalized spacial score (nSPS) is 26.2. The van der Waals surface area contributed by atoms with Crippen molar-refractivity contribution in [3.05, 3.63) is 33.7 Å². The largest absolute Gasteiger partial charge is 0.506 e. The van der Waals surface area contributed by atoms with Crippen LogP contribution in [0.1, 0.15) is 29.8 Å². The van der Waals surface area contributed by atoms with Crippen LogP contribution in [-0.4, -0.2) is 103 Å². The molecule has 2 saturated heterocycles. The van der Waals surface area contributed by atoms with E-state index in [0.29, 0.717) is 25.3 Å². The number of hydrogen-bond donors (Lipinski definition) is 4. The highest BCUT2D eigenvalue weighted by atomic mass is 16.7. The first-order valence-electron chi connectivity index (χ1n) is 12.2. The predicted octanol–water partition coefficient (Wildman–Crippen LogP) is 0.120. The number of fused-ring (bicyclic) bond motifs is 1. The van der Waals surface area contributed by atoms with Crippen molar-refractivity contribution in [1.82, 2.24) is 10.2 Å². The van der Waals surface area contributed by atoms with Gasteiger partial charge in [-0.1, -0.05) is 0 Å². The topological polar surface area (TPSA) is 160 Å². The van der Waals surface area contributed by atoms with Crippen LogP contribution >= 0.6 is 0 Å². The minimum Gasteiger partial charge on any atom is -0.506 e. The summed E-state index contributed by atoms with van der Waals surface area (Å²) in [4.78, 5) is 27.5. The van der Waals surface area contributed by atoms with E-state index in [1.165, 1.54) is 19.2 Å². The Balaban J connectivity index is 1.54. The lowest BCUT2D eigenvalue weighted by Crippen LogP contribution is -2.63. The van der Waals surface area contributed by atoms with Gasteiger partial charge in [0, 0.05) is 38.9 Å². The predicted molar refractivity (Wildman–Crippen MR) is 131 cm³/mol. The van der Waals surface area contributed by atoms with Crippen LogP contribution in [0.4, 0.5) is 0 Å². The SMILES string of the molecule is CO[C@@H]1[C@H](O)[C@@H](O)[C@H](Oc2ccc3c(O)c(C(=O)NCCN4CCOCC4)c(=O)oc3c2C)OC1(C)C. The number of nitrogens with one attached hydrogen (secondary N) is 1. The number of benzene rings is 1. The van der Waals surface area contributed by atoms with Crippen LogP contribution in [0.25, 0.3) is 11.0 Å². The molecule has 37 heavy (non-hydrogen) atoms. The maximum atomic E-state index is 12.7. The number of carbonyl (C=O) groups excluding carboxylic acids is 1. The Morgan fingerprint density at radius 2 is 1.92 bits per heavy atom. The zero-order valence-electron chi connectivity index (χ0n) is 21.4. The highest BCUT2D eigenvalue weighted by molar-refractivity contribution is 6.02. The van der Waals surface area contributed by atoms with E-state index >= 15 is 0 Å². The minimum atomic E-state index is -1.42. The van der Waals surface area contributed by atoms with Gasteiger partial charge in [-0.2, -0.15) is 0 Å². The molecule has 1 amide bonds. The number of aliphatic hydroxyl groups is 2. The Morgan fingerprint density at radius 3 is 2.59 bits per heavy atom. The Labute approximate surface area is 213 Å². The maximum absolute atomic E-state index is 12.7. The summed E-state index contributed by atoms with van der Waals surface area (Å²) in [6, 6.07) is 2.94. The number of methoxy groups -OCH3 is 1. The number of ether oxygens (including phenoxy) is 4. The summed E-state index contributed by atoms with van der Waals surface area (Å²) in [5.41, 5.74) is -2.10. The summed E-state index contributed by atoms with van der Waals surface area (Å²) in [6.45, 7) is 8.64. The molecular formula is C25H34N2O10. The van der Waals surface area contributed by atoms with E-state index in [4.69, 9.17) is 23.4 Å². The average Bonchev–Trinajstić information content (AvgIpc) is 2.85. The van der Waals surface area contributed by atoms with Crippen molar-refractivity contribution in [3.8, 4) is 11.5 Å². The van der Waals surface area contributed by atoms with Crippen LogP contribution in [0.3, 0.4) is 0 Å². The number of hydrogen-bond acceptors (Lipinski definition) is 11. The fraction of sp³-hybridized carbons (Fsp3) is 0.600. The van der Waals surface area contributed by atoms with Crippen molar-refractivity contribution in [1.29, 1.82) is 0 Å². The van der Waals surface area contributed by atoms with E-state index in [1.54, 1.807) is 20.8 Å². The molecule has 2 aliphatic rings. The number of aromatic hydroxyl groups is 1. The first-order chi connectivity index (χ1) is 17.5. The van der Waals surface area contributed by atoms with Gasteiger partial charge in [0.25, 0.3) is 5.91 Å². The van der Waals surface area contributed by atoms with E-state index in [-0.39, 0.29) is 23.3 Å². The lowest BCUT2D eigenvalue weighted by molar-refractivity contribution is -0.306. The maximum Gasteiger partial charge on any atom is 0.353 e. The zero-order chi connectivity index (χ0) is 26.9. The van der Waals surface area contributed by atoms with Crippen LogP contribution < -0.4 is 15.7 Å². The summed E-state index contributed by atoms with van der Waals surface area (Å²) in [5, 5.41) is 34.6. The number of aliphatic hydroxyl groups excluding tert-OH is 2. The first kappa shape index (κ1) is 27.3. The summed E-state index contributed by atoms with van der Waals surface area (Å²) in [7, 11) is 1.41. The Kier molecular flexibility index (Phi) is 8.07. The summed E-state index contributed by atoms with van der Waals surface area (Å²) < 4.78 is 27.7. The van der Waals surface area contributed by atoms with Gasteiger partial charge in [0.1, 0.15) is 35.4 Å². The highest BCUT2D eigenvalue weighted by Gasteiger charge is 2.50. The van der Waals surface area contributed by atoms with Crippen LogP contribution in [0, 0.1) is 6.92 Å². The van der Waals surface area contributed by atoms with Gasteiger partial charge in [-0.15, -0.1) is 0 Å². The van der Waals surface area contributed by atoms with Gasteiger partial charge in [0.15, 0.2) is 5.56 Å². The van der Waals surface area contributed by atoms with E-state index in [9.17, 15) is 24.9 Å². The molecule has 0 radical (unpaired) electrons. The third-order valence-electron chi connectivity index (χ3n) is 6.83. The molecule has 12 heteroatoms. The summed E-state index contributed by atoms with van der Waals surface area (Å²) in [5.74, 6) is -1.04. The molecule has 12 nitrogen and oxygen atoms in total. The second-order valence-electron chi connectivity index (χ2n) is 9.73. The number of rotatable bonds is 7. The second-order valence-corrected chi connectivity index (χ2v) is 9.73. The number of aryl methyl sites for hydroxylation is 1. The molecule has 204 valence electrons. The molecule has 1 aromatic carbocycles. The average molecular weight is 523 g/mol. The quantitative estimate of drug-likeness (QED) is 0.366. The second kappa shape index (κ2) is 10.9. The molecule has 0 spiro atoms. The molecule has 3 heterocycles. The van der Waals surface area contributed by atoms with Gasteiger partial charge in [0.2, 0.25) is 6.29 Å². The monoisotopic (exact) mass is 522 g/mol. The fourth-order valence-corrected chi connectivity index (χ4v) is 4.76. The van der Waals surface area contributed by atoms with Crippen molar-refractivity contribution in [3.63, 3.8) is 0 Å². The third-order valence-corrected chi connectivity index (χ3v) is 6.83. The highest BCUT2D eigenvalue weighted by Crippen LogP contribution is 2.36. The van der Waals surface area contributed by atoms with E-state index in [0.717, 1.165) is 13.1 Å². The van der Waals surface area contributed by atoms with E-state index in [1.807, 2.05) is 0 Å². The molecule has 2 aromatic rings. The van der Waals surface area contributed by atoms with Crippen LogP contribution in [-0.2, 0) is 14.2 Å². The molecule has 0 aliphatic carbocycles. The van der Waals surface area contributed by atoms with Crippen molar-refractivity contribution in [2.24, 2.45) is 0 Å². The smallest absolute Gasteiger partial charge is 0.353 e. The lowest BCUT2D eigenvalue weighted by atomic mass is 9.89. The van der Waals surface area contributed by atoms with Gasteiger partial charge in [-0.3, -0.25) is 9.69 Å². The van der Waals surface area contributed by atoms with Crippen molar-refractivity contribution < 1.29 is 43.5 Å². The molecule has 4 rings (SSSR count). The molecule has 0 unspecified atom stereocenters. The van der Waals surface area contributed by atoms with Gasteiger partial charge in [0.05, 0.1) is 24.2 Å². The van der Waals surface area contributed by atoms with Crippen molar-refractivity contribution >= 4 is 16.9 Å². The number of nitrogens with zero attached hydrogens (tertiary/aromatic N) is 1. The molecule has 2 fully saturated rings. The molecule has 0 saturated carbocycles. The van der Waals surface area contributed by atoms with Gasteiger partial charge in [-0.25, -0.2) is 4.79 Å². The molecule has 4 N–H and O–H groups in total. The lowest BCUT2D eigenvalue weighted by Gasteiger charge is -2.46. The third kappa shape index (κ3) is 5.44. The number of morpholine rings is 1. The van der Waals surface area contributed by atoms with Crippen molar-refractivity contribution in [2.45, 2.75) is 51.0 Å². The van der Waals surface area contributed by atoms with Crippen LogP contribution in [0.5, 0.6) is 11.5 Å². The van der Waals surface area contributed by atoms with Gasteiger partial charge >= 0.3 is 5.63 Å². The molecular weight excluding hydrogens is 488 g/mol. The van der Waals surface area contributed by atoms with Crippen molar-refractivity contribution in [2.75, 3.05) is 46.5 Å². The summed E-state index contributed by atoms with van der Waals surface area (Å²) in [6.07, 6.45) is -4.72. The standard InChI is InChI=1S/C25H34N2O10/c1-13-15(35-24-19(30)18(29)21(33-4)25(2,3)37-24)6-5-14-17(28)16(23(32)36-20(13)14)22(31)26-7-8-27-9-11-34-12-10-27/h5-6,18-19,21,24,28-30H,7-12H2,1-4H3,(H,26,31)/t18-,19-,21-,24-/m1/s1. The molecule has 2 aliphatic heterocycles. The van der Waals surface area contributed by atoms with Gasteiger partial charge < -0.3 is 44.0 Å². The van der Waals surface area contributed by atoms with E-state index in [2.05, 4.69) is 10.2 Å². The number of amides is 1. The Bertz CT molecular complexity index is 1190. The van der Waals surface area contributed by atoms with Crippen LogP contribution in [0.15, 0.2) is 21.3 Å². The first-order valence-corrected chi connectivity index (χ1v) is 12.2. The molecule has 0 bridgehead atoms. The fourth-order valence-electron chi connectivity index (χ4n) is 4.76. The Morgan fingerprint density at radius 1 is 1.22 bits per heavy atom. The zero-order valence-corrected chi connectivity index (χ0v) is 21.4.